The van der Waals surface area contributed by atoms with Crippen molar-refractivity contribution in [2.45, 2.75) is 6.92 Å². The lowest BCUT2D eigenvalue weighted by Gasteiger charge is -2.00. The first-order valence-corrected chi connectivity index (χ1v) is 6.12. The Morgan fingerprint density at radius 1 is 1.25 bits per heavy atom. The lowest BCUT2D eigenvalue weighted by Crippen LogP contribution is -1.97. The molecule has 20 heavy (non-hydrogen) atoms. The van der Waals surface area contributed by atoms with Crippen LogP contribution >= 0.6 is 0 Å². The third-order valence-electron chi connectivity index (χ3n) is 2.97. The van der Waals surface area contributed by atoms with Crippen molar-refractivity contribution in [2.24, 2.45) is 0 Å². The highest BCUT2D eigenvalue weighted by molar-refractivity contribution is 5.85. The Morgan fingerprint density at radius 3 is 2.80 bits per heavy atom. The molecule has 0 aliphatic carbocycles. The maximum absolute atomic E-state index is 9.35. The number of nitrogens with zero attached hydrogens (tertiary/aromatic N) is 5. The van der Waals surface area contributed by atoms with Gasteiger partial charge in [-0.25, -0.2) is 4.68 Å². The molecule has 0 saturated carbocycles. The average Bonchev–Trinajstić information content (AvgIpc) is 2.91. The summed E-state index contributed by atoms with van der Waals surface area (Å²) in [6.45, 7) is 2.02. The summed E-state index contributed by atoms with van der Waals surface area (Å²) in [6.07, 6.45) is 5.07. The van der Waals surface area contributed by atoms with E-state index in [1.165, 1.54) is 10.2 Å². The van der Waals surface area contributed by atoms with Crippen molar-refractivity contribution in [3.63, 3.8) is 0 Å². The molecule has 3 aromatic rings. The second-order valence-corrected chi connectivity index (χ2v) is 4.42. The van der Waals surface area contributed by atoms with Crippen LogP contribution in [0.5, 0.6) is 0 Å². The largest absolute Gasteiger partial charge is 0.262 e. The number of nitriles is 1. The predicted octanol–water partition coefficient (Wildman–Crippen LogP) is 2.66. The van der Waals surface area contributed by atoms with Crippen molar-refractivity contribution < 1.29 is 0 Å². The van der Waals surface area contributed by atoms with Gasteiger partial charge in [0.25, 0.3) is 0 Å². The summed E-state index contributed by atoms with van der Waals surface area (Å²) in [5.41, 5.74) is 3.97. The molecule has 0 radical (unpaired) electrons. The van der Waals surface area contributed by atoms with Crippen LogP contribution in [0.1, 0.15) is 11.1 Å². The molecule has 0 aliphatic rings. The van der Waals surface area contributed by atoms with E-state index in [1.807, 2.05) is 31.2 Å². The van der Waals surface area contributed by atoms with E-state index < -0.39 is 0 Å². The van der Waals surface area contributed by atoms with E-state index in [4.69, 9.17) is 0 Å². The van der Waals surface area contributed by atoms with Gasteiger partial charge in [-0.15, -0.1) is 5.10 Å². The van der Waals surface area contributed by atoms with Crippen molar-refractivity contribution in [3.05, 3.63) is 53.9 Å². The van der Waals surface area contributed by atoms with Gasteiger partial charge in [0.15, 0.2) is 0 Å². The highest BCUT2D eigenvalue weighted by atomic mass is 15.4. The lowest BCUT2D eigenvalue weighted by atomic mass is 10.1. The Bertz CT molecular complexity index is 821. The monoisotopic (exact) mass is 261 g/mol. The lowest BCUT2D eigenvalue weighted by molar-refractivity contribution is 0.848. The fourth-order valence-electron chi connectivity index (χ4n) is 1.92. The minimum absolute atomic E-state index is 0.419. The van der Waals surface area contributed by atoms with Crippen molar-refractivity contribution in [3.8, 4) is 6.07 Å². The number of allylic oxidation sites excluding steroid dienone is 1. The maximum atomic E-state index is 9.35. The molecule has 3 rings (SSSR count). The summed E-state index contributed by atoms with van der Waals surface area (Å²) in [6, 6.07) is 11.9. The Morgan fingerprint density at radius 2 is 2.05 bits per heavy atom. The normalized spacial score (nSPS) is 11.5. The molecule has 5 heteroatoms. The van der Waals surface area contributed by atoms with Gasteiger partial charge in [0, 0.05) is 6.20 Å². The fraction of sp³-hybridized carbons (Fsp3) is 0.0667. The molecule has 0 spiro atoms. The Kier molecular flexibility index (Phi) is 2.98. The molecule has 2 heterocycles. The molecule has 0 saturated heterocycles. The van der Waals surface area contributed by atoms with Gasteiger partial charge in [-0.05, 0) is 24.6 Å². The van der Waals surface area contributed by atoms with Gasteiger partial charge in [-0.3, -0.25) is 4.98 Å². The van der Waals surface area contributed by atoms with Gasteiger partial charge in [-0.1, -0.05) is 35.0 Å². The molecule has 0 fully saturated rings. The summed E-state index contributed by atoms with van der Waals surface area (Å²) in [5, 5.41) is 17.4. The Hall–Kier alpha value is -3.00. The van der Waals surface area contributed by atoms with Crippen LogP contribution in [0.3, 0.4) is 0 Å². The molecule has 2 aromatic heterocycles. The molecule has 96 valence electrons. The second-order valence-electron chi connectivity index (χ2n) is 4.42. The third-order valence-corrected chi connectivity index (χ3v) is 2.97. The van der Waals surface area contributed by atoms with Crippen LogP contribution in [0.2, 0.25) is 0 Å². The van der Waals surface area contributed by atoms with Crippen molar-refractivity contribution in [1.82, 2.24) is 20.0 Å². The highest BCUT2D eigenvalue weighted by Crippen LogP contribution is 2.16. The van der Waals surface area contributed by atoms with Gasteiger partial charge >= 0.3 is 0 Å². The summed E-state index contributed by atoms with van der Waals surface area (Å²) in [5.74, 6) is 0. The van der Waals surface area contributed by atoms with Crippen molar-refractivity contribution in [2.75, 3.05) is 0 Å². The molecule has 0 N–H and O–H groups in total. The smallest absolute Gasteiger partial charge is 0.145 e. The number of aromatic nitrogens is 4. The van der Waals surface area contributed by atoms with E-state index in [-0.39, 0.29) is 0 Å². The first-order chi connectivity index (χ1) is 9.78. The number of fused-ring (bicyclic) bond motifs is 1. The van der Waals surface area contributed by atoms with Crippen LogP contribution in [0.15, 0.2) is 42.7 Å². The molecular weight excluding hydrogens is 250 g/mol. The maximum Gasteiger partial charge on any atom is 0.145 e. The Balaban J connectivity index is 2.10. The van der Waals surface area contributed by atoms with E-state index in [1.54, 1.807) is 24.5 Å². The number of aryl methyl sites for hydroxylation is 1. The van der Waals surface area contributed by atoms with Gasteiger partial charge in [0.2, 0.25) is 0 Å². The molecule has 0 bridgehead atoms. The van der Waals surface area contributed by atoms with E-state index in [0.717, 1.165) is 11.1 Å². The quantitative estimate of drug-likeness (QED) is 0.665. The zero-order valence-electron chi connectivity index (χ0n) is 10.9. The average molecular weight is 261 g/mol. The number of benzene rings is 1. The Labute approximate surface area is 115 Å². The summed E-state index contributed by atoms with van der Waals surface area (Å²) >= 11 is 0. The van der Waals surface area contributed by atoms with Gasteiger partial charge in [0.1, 0.15) is 17.3 Å². The van der Waals surface area contributed by atoms with Gasteiger partial charge < -0.3 is 0 Å². The van der Waals surface area contributed by atoms with E-state index in [2.05, 4.69) is 21.4 Å². The van der Waals surface area contributed by atoms with Crippen LogP contribution in [0.25, 0.3) is 22.8 Å². The first-order valence-electron chi connectivity index (χ1n) is 6.12. The third kappa shape index (κ3) is 2.15. The van der Waals surface area contributed by atoms with E-state index in [0.29, 0.717) is 11.2 Å². The molecule has 0 amide bonds. The molecular formula is C15H11N5. The highest BCUT2D eigenvalue weighted by Gasteiger charge is 2.08. The van der Waals surface area contributed by atoms with Crippen molar-refractivity contribution >= 4 is 22.8 Å². The zero-order chi connectivity index (χ0) is 13.9. The second kappa shape index (κ2) is 4.94. The standard InChI is InChI=1S/C15H11N5/c1-11-2-4-12(5-3-11)8-13(9-16)20-15-6-7-17-10-14(15)18-19-20/h2-8,10H,1H3/b13-8+. The minimum Gasteiger partial charge on any atom is -0.262 e. The van der Waals surface area contributed by atoms with E-state index >= 15 is 0 Å². The molecule has 0 atom stereocenters. The zero-order valence-corrected chi connectivity index (χ0v) is 10.9. The van der Waals surface area contributed by atoms with Crippen molar-refractivity contribution in [1.29, 1.82) is 5.26 Å². The molecule has 1 aromatic carbocycles. The van der Waals surface area contributed by atoms with Crippen LogP contribution in [0.4, 0.5) is 0 Å². The van der Waals surface area contributed by atoms with Gasteiger partial charge in [-0.2, -0.15) is 5.26 Å². The summed E-state index contributed by atoms with van der Waals surface area (Å²) in [4.78, 5) is 3.99. The number of hydrogen-bond acceptors (Lipinski definition) is 4. The summed E-state index contributed by atoms with van der Waals surface area (Å²) in [7, 11) is 0. The molecule has 5 nitrogen and oxygen atoms in total. The molecule has 0 aliphatic heterocycles. The minimum atomic E-state index is 0.419. The fourth-order valence-corrected chi connectivity index (χ4v) is 1.92. The number of hydrogen-bond donors (Lipinski definition) is 0. The van der Waals surface area contributed by atoms with Crippen LogP contribution in [0, 0.1) is 18.3 Å². The van der Waals surface area contributed by atoms with Crippen LogP contribution in [-0.2, 0) is 0 Å². The number of pyridine rings is 1. The predicted molar refractivity (Wildman–Crippen MR) is 76.3 cm³/mol. The topological polar surface area (TPSA) is 67.4 Å². The van der Waals surface area contributed by atoms with Crippen LogP contribution < -0.4 is 0 Å². The molecule has 0 unspecified atom stereocenters. The number of rotatable bonds is 2. The SMILES string of the molecule is Cc1ccc(/C=C(\C#N)n2nnc3cnccc32)cc1. The first kappa shape index (κ1) is 12.1. The van der Waals surface area contributed by atoms with Gasteiger partial charge in [0.05, 0.1) is 11.7 Å². The van der Waals surface area contributed by atoms with Crippen LogP contribution in [-0.4, -0.2) is 20.0 Å². The summed E-state index contributed by atoms with van der Waals surface area (Å²) < 4.78 is 1.52. The van der Waals surface area contributed by atoms with E-state index in [9.17, 15) is 5.26 Å².